The maximum absolute atomic E-state index is 12.3. The van der Waals surface area contributed by atoms with Crippen LogP contribution in [0.5, 0.6) is 0 Å². The van der Waals surface area contributed by atoms with E-state index in [1.165, 1.54) is 12.6 Å². The lowest BCUT2D eigenvalue weighted by atomic mass is 9.96. The molecule has 2 rings (SSSR count). The molecule has 114 valence electrons. The highest BCUT2D eigenvalue weighted by Gasteiger charge is 2.26. The number of anilines is 1. The van der Waals surface area contributed by atoms with E-state index < -0.39 is 10.0 Å². The average Bonchev–Trinajstić information content (AvgIpc) is 2.82. The lowest BCUT2D eigenvalue weighted by molar-refractivity contribution is 0.333. The third-order valence-corrected chi connectivity index (χ3v) is 5.58. The fraction of sp³-hybridized carbons (Fsp3) is 0.769. The van der Waals surface area contributed by atoms with E-state index in [4.69, 9.17) is 5.73 Å². The smallest absolute Gasteiger partial charge is 0.246 e. The Kier molecular flexibility index (Phi) is 4.70. The van der Waals surface area contributed by atoms with Crippen molar-refractivity contribution in [3.8, 4) is 0 Å². The molecule has 1 aromatic rings. The van der Waals surface area contributed by atoms with E-state index in [0.29, 0.717) is 0 Å². The minimum Gasteiger partial charge on any atom is -0.383 e. The molecule has 7 heteroatoms. The molecular weight excluding hydrogens is 276 g/mol. The fourth-order valence-corrected chi connectivity index (χ4v) is 3.97. The third kappa shape index (κ3) is 3.15. The maximum Gasteiger partial charge on any atom is 0.246 e. The quantitative estimate of drug-likeness (QED) is 0.870. The van der Waals surface area contributed by atoms with Crippen LogP contribution in [0.25, 0.3) is 0 Å². The van der Waals surface area contributed by atoms with Crippen molar-refractivity contribution in [3.63, 3.8) is 0 Å². The summed E-state index contributed by atoms with van der Waals surface area (Å²) in [5, 5.41) is 4.21. The second kappa shape index (κ2) is 6.13. The van der Waals surface area contributed by atoms with Gasteiger partial charge in [-0.05, 0) is 26.2 Å². The van der Waals surface area contributed by atoms with Gasteiger partial charge >= 0.3 is 0 Å². The van der Waals surface area contributed by atoms with E-state index in [2.05, 4.69) is 9.82 Å². The van der Waals surface area contributed by atoms with Crippen molar-refractivity contribution in [3.05, 3.63) is 6.20 Å². The van der Waals surface area contributed by atoms with Gasteiger partial charge in [0.2, 0.25) is 10.0 Å². The number of hydrogen-bond acceptors (Lipinski definition) is 4. The largest absolute Gasteiger partial charge is 0.383 e. The molecule has 1 heterocycles. The number of nitrogens with zero attached hydrogens (tertiary/aromatic N) is 2. The van der Waals surface area contributed by atoms with Crippen molar-refractivity contribution in [1.82, 2.24) is 14.5 Å². The third-order valence-electron chi connectivity index (χ3n) is 3.98. The van der Waals surface area contributed by atoms with Gasteiger partial charge in [-0.15, -0.1) is 0 Å². The molecule has 0 amide bonds. The van der Waals surface area contributed by atoms with Gasteiger partial charge in [0, 0.05) is 6.04 Å². The summed E-state index contributed by atoms with van der Waals surface area (Å²) in [6.45, 7) is 3.77. The molecule has 0 aromatic carbocycles. The van der Waals surface area contributed by atoms with Crippen LogP contribution in [0.15, 0.2) is 11.1 Å². The first-order chi connectivity index (χ1) is 9.45. The number of hydrogen-bond donors (Lipinski definition) is 2. The molecule has 1 saturated carbocycles. The molecule has 1 aromatic heterocycles. The summed E-state index contributed by atoms with van der Waals surface area (Å²) in [6, 6.07) is 0.119. The van der Waals surface area contributed by atoms with Crippen molar-refractivity contribution < 1.29 is 8.42 Å². The molecule has 3 N–H and O–H groups in total. The summed E-state index contributed by atoms with van der Waals surface area (Å²) in [5.41, 5.74) is 6.02. The molecule has 20 heavy (non-hydrogen) atoms. The van der Waals surface area contributed by atoms with E-state index in [-0.39, 0.29) is 22.8 Å². The standard InChI is InChI=1S/C13H24N4O2S/c1-3-10(2)16-20(18,19)12-9-15-17(13(12)14)11-7-5-4-6-8-11/h9-11,16H,3-8,14H2,1-2H3. The molecule has 0 radical (unpaired) electrons. The number of nitrogens with one attached hydrogen (secondary N) is 1. The van der Waals surface area contributed by atoms with Gasteiger partial charge in [-0.3, -0.25) is 0 Å². The minimum absolute atomic E-state index is 0.100. The Morgan fingerprint density at radius 3 is 2.70 bits per heavy atom. The van der Waals surface area contributed by atoms with Crippen LogP contribution in [0.1, 0.15) is 58.4 Å². The first-order valence-electron chi connectivity index (χ1n) is 7.31. The van der Waals surface area contributed by atoms with Crippen LogP contribution >= 0.6 is 0 Å². The Labute approximate surface area is 120 Å². The lowest BCUT2D eigenvalue weighted by Crippen LogP contribution is -2.32. The lowest BCUT2D eigenvalue weighted by Gasteiger charge is -2.23. The van der Waals surface area contributed by atoms with Crippen molar-refractivity contribution in [1.29, 1.82) is 0 Å². The van der Waals surface area contributed by atoms with Crippen LogP contribution in [0.2, 0.25) is 0 Å². The molecule has 0 bridgehead atoms. The molecule has 1 fully saturated rings. The summed E-state index contributed by atoms with van der Waals surface area (Å²) < 4.78 is 28.9. The van der Waals surface area contributed by atoms with Gasteiger partial charge in [0.15, 0.2) is 0 Å². The van der Waals surface area contributed by atoms with Crippen LogP contribution in [0.3, 0.4) is 0 Å². The number of sulfonamides is 1. The van der Waals surface area contributed by atoms with Gasteiger partial charge in [0.1, 0.15) is 10.7 Å². The summed E-state index contributed by atoms with van der Waals surface area (Å²) >= 11 is 0. The number of rotatable bonds is 5. The van der Waals surface area contributed by atoms with Gasteiger partial charge in [-0.25, -0.2) is 17.8 Å². The van der Waals surface area contributed by atoms with Crippen LogP contribution in [-0.4, -0.2) is 24.2 Å². The zero-order chi connectivity index (χ0) is 14.8. The van der Waals surface area contributed by atoms with Crippen molar-refractivity contribution >= 4 is 15.8 Å². The average molecular weight is 300 g/mol. The first-order valence-corrected chi connectivity index (χ1v) is 8.79. The Morgan fingerprint density at radius 2 is 2.10 bits per heavy atom. The summed E-state index contributed by atoms with van der Waals surface area (Å²) in [7, 11) is -3.58. The zero-order valence-corrected chi connectivity index (χ0v) is 13.0. The Bertz CT molecular complexity index is 547. The van der Waals surface area contributed by atoms with Crippen molar-refractivity contribution in [2.24, 2.45) is 0 Å². The number of nitrogen functional groups attached to an aromatic ring is 1. The number of nitrogens with two attached hydrogens (primary N) is 1. The predicted molar refractivity (Wildman–Crippen MR) is 78.8 cm³/mol. The fourth-order valence-electron chi connectivity index (χ4n) is 2.59. The van der Waals surface area contributed by atoms with Crippen molar-refractivity contribution in [2.45, 2.75) is 69.4 Å². The molecule has 1 atom stereocenters. The molecule has 1 unspecified atom stereocenters. The Hall–Kier alpha value is -1.08. The van der Waals surface area contributed by atoms with Crippen LogP contribution in [0.4, 0.5) is 5.82 Å². The first kappa shape index (κ1) is 15.3. The van der Waals surface area contributed by atoms with Gasteiger partial charge < -0.3 is 5.73 Å². The topological polar surface area (TPSA) is 90.0 Å². The molecule has 1 aliphatic rings. The molecular formula is C13H24N4O2S. The van der Waals surface area contributed by atoms with Gasteiger partial charge in [0.25, 0.3) is 0 Å². The van der Waals surface area contributed by atoms with Crippen molar-refractivity contribution in [2.75, 3.05) is 5.73 Å². The maximum atomic E-state index is 12.3. The Balaban J connectivity index is 2.23. The summed E-state index contributed by atoms with van der Waals surface area (Å²) in [5.74, 6) is 0.257. The van der Waals surface area contributed by atoms with E-state index in [9.17, 15) is 8.42 Å². The van der Waals surface area contributed by atoms with Gasteiger partial charge in [-0.1, -0.05) is 26.2 Å². The van der Waals surface area contributed by atoms with Crippen LogP contribution in [0, 0.1) is 0 Å². The summed E-state index contributed by atoms with van der Waals surface area (Å²) in [4.78, 5) is 0.100. The second-order valence-electron chi connectivity index (χ2n) is 5.56. The number of aromatic nitrogens is 2. The van der Waals surface area contributed by atoms with E-state index >= 15 is 0 Å². The monoisotopic (exact) mass is 300 g/mol. The highest BCUT2D eigenvalue weighted by atomic mass is 32.2. The molecule has 6 nitrogen and oxygen atoms in total. The molecule has 0 spiro atoms. The molecule has 1 aliphatic carbocycles. The SMILES string of the molecule is CCC(C)NS(=O)(=O)c1cnn(C2CCCCC2)c1N. The second-order valence-corrected chi connectivity index (χ2v) is 7.24. The summed E-state index contributed by atoms with van der Waals surface area (Å²) in [6.07, 6.45) is 7.67. The highest BCUT2D eigenvalue weighted by molar-refractivity contribution is 7.89. The molecule has 0 aliphatic heterocycles. The predicted octanol–water partition coefficient (Wildman–Crippen LogP) is 2.05. The van der Waals surface area contributed by atoms with E-state index in [0.717, 1.165) is 32.1 Å². The van der Waals surface area contributed by atoms with Crippen LogP contribution < -0.4 is 10.5 Å². The minimum atomic E-state index is -3.58. The Morgan fingerprint density at radius 1 is 1.45 bits per heavy atom. The van der Waals surface area contributed by atoms with Gasteiger partial charge in [-0.2, -0.15) is 5.10 Å². The molecule has 0 saturated heterocycles. The van der Waals surface area contributed by atoms with E-state index in [1.54, 1.807) is 4.68 Å². The van der Waals surface area contributed by atoms with E-state index in [1.807, 2.05) is 13.8 Å². The van der Waals surface area contributed by atoms with Crippen LogP contribution in [-0.2, 0) is 10.0 Å². The van der Waals surface area contributed by atoms with Gasteiger partial charge in [0.05, 0.1) is 12.2 Å². The normalized spacial score (nSPS) is 19.1. The highest BCUT2D eigenvalue weighted by Crippen LogP contribution is 2.31. The zero-order valence-electron chi connectivity index (χ0n) is 12.2.